The van der Waals surface area contributed by atoms with Gasteiger partial charge >= 0.3 is 0 Å². The fourth-order valence-corrected chi connectivity index (χ4v) is 3.87. The number of aromatic nitrogens is 2. The van der Waals surface area contributed by atoms with E-state index in [2.05, 4.69) is 26.7 Å². The molecule has 2 fully saturated rings. The molecule has 5 nitrogen and oxygen atoms in total. The first-order valence-electron chi connectivity index (χ1n) is 8.75. The van der Waals surface area contributed by atoms with Crippen LogP contribution in [0.5, 0.6) is 0 Å². The lowest BCUT2D eigenvalue weighted by Gasteiger charge is -2.28. The summed E-state index contributed by atoms with van der Waals surface area (Å²) >= 11 is 0. The van der Waals surface area contributed by atoms with E-state index in [0.717, 1.165) is 37.5 Å². The molecule has 0 bridgehead atoms. The van der Waals surface area contributed by atoms with Crippen LogP contribution in [-0.4, -0.2) is 57.9 Å². The topological polar surface area (TPSA) is 52.2 Å². The summed E-state index contributed by atoms with van der Waals surface area (Å²) in [6, 6.07) is 0.435. The molecule has 1 aromatic heterocycles. The molecule has 22 heavy (non-hydrogen) atoms. The maximum absolute atomic E-state index is 12.5. The highest BCUT2D eigenvalue weighted by Gasteiger charge is 2.31. The zero-order valence-electron chi connectivity index (χ0n) is 13.6. The van der Waals surface area contributed by atoms with Gasteiger partial charge in [-0.25, -0.2) is 4.98 Å². The zero-order valence-corrected chi connectivity index (χ0v) is 13.6. The Bertz CT molecular complexity index is 473. The Kier molecular flexibility index (Phi) is 5.13. The van der Waals surface area contributed by atoms with Gasteiger partial charge in [0.2, 0.25) is 5.91 Å². The predicted octanol–water partition coefficient (Wildman–Crippen LogP) is 2.07. The molecule has 3 heterocycles. The Balaban J connectivity index is 1.48. The number of nitrogens with one attached hydrogen (secondary N) is 1. The quantitative estimate of drug-likeness (QED) is 0.875. The van der Waals surface area contributed by atoms with Crippen molar-refractivity contribution < 1.29 is 4.79 Å². The largest absolute Gasteiger partial charge is 0.348 e. The molecule has 2 aliphatic rings. The summed E-state index contributed by atoms with van der Waals surface area (Å²) in [5.41, 5.74) is 1.05. The number of hydrogen-bond acceptors (Lipinski definition) is 3. The summed E-state index contributed by atoms with van der Waals surface area (Å²) in [4.78, 5) is 24.3. The van der Waals surface area contributed by atoms with Gasteiger partial charge in [-0.1, -0.05) is 13.3 Å². The molecular weight excluding hydrogens is 276 g/mol. The van der Waals surface area contributed by atoms with Crippen molar-refractivity contribution in [1.82, 2.24) is 19.8 Å². The summed E-state index contributed by atoms with van der Waals surface area (Å²) in [6.45, 7) is 6.74. The Hall–Kier alpha value is -1.36. The van der Waals surface area contributed by atoms with E-state index in [4.69, 9.17) is 0 Å². The minimum Gasteiger partial charge on any atom is -0.348 e. The molecule has 0 saturated carbocycles. The summed E-state index contributed by atoms with van der Waals surface area (Å²) in [5.74, 6) is 1.18. The monoisotopic (exact) mass is 304 g/mol. The van der Waals surface area contributed by atoms with Crippen LogP contribution >= 0.6 is 0 Å². The molecule has 1 aromatic rings. The van der Waals surface area contributed by atoms with E-state index >= 15 is 0 Å². The number of rotatable bonds is 6. The summed E-state index contributed by atoms with van der Waals surface area (Å²) < 4.78 is 0. The van der Waals surface area contributed by atoms with Crippen LogP contribution in [0.3, 0.4) is 0 Å². The van der Waals surface area contributed by atoms with Gasteiger partial charge in [0.25, 0.3) is 0 Å². The van der Waals surface area contributed by atoms with Gasteiger partial charge in [-0.15, -0.1) is 0 Å². The highest BCUT2D eigenvalue weighted by atomic mass is 16.2. The van der Waals surface area contributed by atoms with E-state index in [9.17, 15) is 4.79 Å². The minimum atomic E-state index is 0.309. The van der Waals surface area contributed by atoms with Crippen LogP contribution in [0.15, 0.2) is 12.5 Å². The van der Waals surface area contributed by atoms with E-state index in [1.807, 2.05) is 6.20 Å². The first kappa shape index (κ1) is 15.5. The van der Waals surface area contributed by atoms with Crippen molar-refractivity contribution in [2.45, 2.75) is 51.5 Å². The lowest BCUT2D eigenvalue weighted by Crippen LogP contribution is -2.42. The van der Waals surface area contributed by atoms with E-state index in [0.29, 0.717) is 18.4 Å². The molecule has 1 N–H and O–H groups in total. The van der Waals surface area contributed by atoms with E-state index < -0.39 is 0 Å². The smallest absolute Gasteiger partial charge is 0.223 e. The van der Waals surface area contributed by atoms with E-state index in [1.54, 1.807) is 6.33 Å². The maximum atomic E-state index is 12.5. The number of hydrogen-bond donors (Lipinski definition) is 1. The maximum Gasteiger partial charge on any atom is 0.223 e. The number of aromatic amines is 1. The predicted molar refractivity (Wildman–Crippen MR) is 86.5 cm³/mol. The number of carbonyl (C=O) groups is 1. The first-order valence-corrected chi connectivity index (χ1v) is 8.75. The summed E-state index contributed by atoms with van der Waals surface area (Å²) in [6.07, 6.45) is 9.79. The molecule has 0 aromatic carbocycles. The van der Waals surface area contributed by atoms with E-state index in [1.165, 1.54) is 32.4 Å². The molecule has 1 unspecified atom stereocenters. The molecular formula is C17H28N4O. The number of nitrogens with zero attached hydrogens (tertiary/aromatic N) is 3. The molecule has 2 saturated heterocycles. The van der Waals surface area contributed by atoms with Gasteiger partial charge in [0, 0.05) is 44.0 Å². The Morgan fingerprint density at radius 3 is 3.05 bits per heavy atom. The molecule has 1 amide bonds. The average molecular weight is 304 g/mol. The molecule has 2 atom stereocenters. The van der Waals surface area contributed by atoms with Crippen molar-refractivity contribution in [3.8, 4) is 0 Å². The van der Waals surface area contributed by atoms with Gasteiger partial charge in [0.1, 0.15) is 0 Å². The second kappa shape index (κ2) is 7.27. The molecule has 0 radical (unpaired) electrons. The van der Waals surface area contributed by atoms with Crippen molar-refractivity contribution in [3.05, 3.63) is 18.2 Å². The van der Waals surface area contributed by atoms with Crippen molar-refractivity contribution in [2.75, 3.05) is 26.2 Å². The van der Waals surface area contributed by atoms with Gasteiger partial charge in [0.05, 0.1) is 6.33 Å². The van der Waals surface area contributed by atoms with Gasteiger partial charge in [-0.3, -0.25) is 4.79 Å². The number of likely N-dealkylation sites (tertiary alicyclic amines) is 2. The van der Waals surface area contributed by atoms with Crippen LogP contribution in [0, 0.1) is 5.92 Å². The number of amides is 1. The molecule has 2 aliphatic heterocycles. The standard InChI is InChI=1S/C17H28N4O/c1-2-14-7-9-20(11-14)12-16-4-3-8-21(16)17(22)6-5-15-10-18-13-19-15/h10,13-14,16H,2-9,11-12H2,1H3,(H,18,19)/t14?,16-/m0/s1. The van der Waals surface area contributed by atoms with Crippen LogP contribution in [0.1, 0.15) is 44.7 Å². The second-order valence-electron chi connectivity index (χ2n) is 6.78. The third-order valence-corrected chi connectivity index (χ3v) is 5.28. The van der Waals surface area contributed by atoms with Crippen molar-refractivity contribution >= 4 is 5.91 Å². The van der Waals surface area contributed by atoms with Crippen LogP contribution in [0.2, 0.25) is 0 Å². The summed E-state index contributed by atoms with van der Waals surface area (Å²) in [5, 5.41) is 0. The molecule has 0 aliphatic carbocycles. The normalized spacial score (nSPS) is 26.0. The number of imidazole rings is 1. The Morgan fingerprint density at radius 2 is 2.32 bits per heavy atom. The molecule has 3 rings (SSSR count). The number of carbonyl (C=O) groups excluding carboxylic acids is 1. The van der Waals surface area contributed by atoms with Crippen molar-refractivity contribution in [1.29, 1.82) is 0 Å². The highest BCUT2D eigenvalue weighted by Crippen LogP contribution is 2.24. The van der Waals surface area contributed by atoms with Crippen LogP contribution in [-0.2, 0) is 11.2 Å². The number of aryl methyl sites for hydroxylation is 1. The van der Waals surface area contributed by atoms with Gasteiger partial charge < -0.3 is 14.8 Å². The zero-order chi connectivity index (χ0) is 15.4. The Labute approximate surface area is 133 Å². The molecule has 122 valence electrons. The van der Waals surface area contributed by atoms with Crippen molar-refractivity contribution in [2.24, 2.45) is 5.92 Å². The van der Waals surface area contributed by atoms with Crippen LogP contribution < -0.4 is 0 Å². The fraction of sp³-hybridized carbons (Fsp3) is 0.765. The second-order valence-corrected chi connectivity index (χ2v) is 6.78. The third kappa shape index (κ3) is 3.69. The van der Waals surface area contributed by atoms with E-state index in [-0.39, 0.29) is 0 Å². The first-order chi connectivity index (χ1) is 10.8. The van der Waals surface area contributed by atoms with Gasteiger partial charge in [-0.2, -0.15) is 0 Å². The van der Waals surface area contributed by atoms with Crippen LogP contribution in [0.25, 0.3) is 0 Å². The SMILES string of the molecule is CCC1CCN(C[C@@H]2CCCN2C(=O)CCc2cnc[nH]2)C1. The Morgan fingerprint density at radius 1 is 1.41 bits per heavy atom. The van der Waals surface area contributed by atoms with Crippen molar-refractivity contribution in [3.63, 3.8) is 0 Å². The average Bonchev–Trinajstić information content (AvgIpc) is 3.27. The summed E-state index contributed by atoms with van der Waals surface area (Å²) in [7, 11) is 0. The third-order valence-electron chi connectivity index (χ3n) is 5.28. The minimum absolute atomic E-state index is 0.309. The number of H-pyrrole nitrogens is 1. The molecule has 5 heteroatoms. The van der Waals surface area contributed by atoms with Gasteiger partial charge in [-0.05, 0) is 38.1 Å². The van der Waals surface area contributed by atoms with Crippen LogP contribution in [0.4, 0.5) is 0 Å². The fourth-order valence-electron chi connectivity index (χ4n) is 3.87. The molecule has 0 spiro atoms. The van der Waals surface area contributed by atoms with Gasteiger partial charge in [0.15, 0.2) is 0 Å². The highest BCUT2D eigenvalue weighted by molar-refractivity contribution is 5.77. The lowest BCUT2D eigenvalue weighted by atomic mass is 10.1. The lowest BCUT2D eigenvalue weighted by molar-refractivity contribution is -0.132.